The lowest BCUT2D eigenvalue weighted by atomic mass is 10.0. The maximum Gasteiger partial charge on any atom is 0.329 e. The Morgan fingerprint density at radius 1 is 0.933 bits per heavy atom. The second kappa shape index (κ2) is 14.9. The average Bonchev–Trinajstić information content (AvgIpc) is 3.42. The van der Waals surface area contributed by atoms with E-state index in [0.717, 1.165) is 5.56 Å². The van der Waals surface area contributed by atoms with Gasteiger partial charge in [-0.3, -0.25) is 19.3 Å². The number of likely N-dealkylation sites (tertiary alicyclic amines) is 1. The molecule has 0 saturated carbocycles. The third-order valence-electron chi connectivity index (χ3n) is 7.22. The second-order valence-corrected chi connectivity index (χ2v) is 12.2. The molecule has 1 fully saturated rings. The Bertz CT molecular complexity index is 1460. The number of hydrogen-bond donors (Lipinski definition) is 1. The van der Waals surface area contributed by atoms with Crippen molar-refractivity contribution < 1.29 is 33.0 Å². The van der Waals surface area contributed by atoms with Gasteiger partial charge in [0.15, 0.2) is 5.78 Å². The van der Waals surface area contributed by atoms with Gasteiger partial charge in [0.05, 0.1) is 25.7 Å². The highest BCUT2D eigenvalue weighted by Gasteiger charge is 2.43. The zero-order chi connectivity index (χ0) is 32.6. The van der Waals surface area contributed by atoms with Gasteiger partial charge < -0.3 is 19.7 Å². The molecule has 0 spiro atoms. The quantitative estimate of drug-likeness (QED) is 0.306. The lowest BCUT2D eigenvalue weighted by Gasteiger charge is -2.28. The monoisotopic (exact) mass is 617 g/mol. The molecular weight excluding hydrogens is 577 g/mol. The molecule has 45 heavy (non-hydrogen) atoms. The Hall–Kier alpha value is -4.57. The molecule has 4 rings (SSSR count). The summed E-state index contributed by atoms with van der Waals surface area (Å²) in [4.78, 5) is 56.2. The van der Waals surface area contributed by atoms with Crippen LogP contribution in [0.3, 0.4) is 0 Å². The molecule has 0 aliphatic carbocycles. The van der Waals surface area contributed by atoms with E-state index < -0.39 is 35.6 Å². The van der Waals surface area contributed by atoms with Crippen molar-refractivity contribution in [1.82, 2.24) is 15.1 Å². The molecule has 2 amide bonds. The molecule has 1 aliphatic rings. The summed E-state index contributed by atoms with van der Waals surface area (Å²) in [5, 5.41) is 2.86. The summed E-state index contributed by atoms with van der Waals surface area (Å²) in [6.45, 7) is 5.10. The van der Waals surface area contributed by atoms with Gasteiger partial charge in [-0.1, -0.05) is 48.5 Å². The van der Waals surface area contributed by atoms with Crippen molar-refractivity contribution in [3.63, 3.8) is 0 Å². The van der Waals surface area contributed by atoms with E-state index in [9.17, 15) is 23.6 Å². The van der Waals surface area contributed by atoms with E-state index >= 15 is 0 Å². The van der Waals surface area contributed by atoms with Crippen LogP contribution in [0.1, 0.15) is 43.1 Å². The summed E-state index contributed by atoms with van der Waals surface area (Å²) in [5.74, 6) is -1.54. The van der Waals surface area contributed by atoms with E-state index in [2.05, 4.69) is 5.32 Å². The van der Waals surface area contributed by atoms with Crippen LogP contribution < -0.4 is 10.1 Å². The SMILES string of the molecule is CN(CC(=O)C(Cc1ccccc1)NC(=O)c1ccccc1)CC(=O)N1C[C@@H](Oc2ccc(F)cc2)C[C@H]1C(=O)OC(C)(C)C. The zero-order valence-corrected chi connectivity index (χ0v) is 26.1. The summed E-state index contributed by atoms with van der Waals surface area (Å²) in [6.07, 6.45) is -0.0343. The molecule has 9 nitrogen and oxygen atoms in total. The summed E-state index contributed by atoms with van der Waals surface area (Å²) >= 11 is 0. The number of carbonyl (C=O) groups excluding carboxylic acids is 4. The van der Waals surface area contributed by atoms with Crippen molar-refractivity contribution in [3.05, 3.63) is 102 Å². The van der Waals surface area contributed by atoms with Gasteiger partial charge in [-0.2, -0.15) is 0 Å². The molecule has 10 heteroatoms. The number of halogens is 1. The topological polar surface area (TPSA) is 105 Å². The maximum atomic E-state index is 13.6. The number of likely N-dealkylation sites (N-methyl/N-ethyl adjacent to an activating group) is 1. The highest BCUT2D eigenvalue weighted by atomic mass is 19.1. The lowest BCUT2D eigenvalue weighted by Crippen LogP contribution is -2.49. The molecule has 3 aromatic rings. The van der Waals surface area contributed by atoms with Crippen LogP contribution in [-0.2, 0) is 25.5 Å². The van der Waals surface area contributed by atoms with Crippen molar-refractivity contribution in [2.45, 2.75) is 57.4 Å². The van der Waals surface area contributed by atoms with Crippen molar-refractivity contribution >= 4 is 23.6 Å². The van der Waals surface area contributed by atoms with Gasteiger partial charge in [-0.15, -0.1) is 0 Å². The zero-order valence-electron chi connectivity index (χ0n) is 26.1. The molecule has 0 bridgehead atoms. The van der Waals surface area contributed by atoms with E-state index in [4.69, 9.17) is 9.47 Å². The first-order chi connectivity index (χ1) is 21.4. The van der Waals surface area contributed by atoms with Gasteiger partial charge in [0.1, 0.15) is 29.3 Å². The first kappa shape index (κ1) is 33.3. The third kappa shape index (κ3) is 9.97. The number of benzene rings is 3. The molecule has 1 aliphatic heterocycles. The van der Waals surface area contributed by atoms with Crippen LogP contribution in [-0.4, -0.2) is 83.8 Å². The Balaban J connectivity index is 1.43. The van der Waals surface area contributed by atoms with Gasteiger partial charge in [-0.05, 0) is 76.2 Å². The number of hydrogen-bond acceptors (Lipinski definition) is 7. The normalized spacial score (nSPS) is 17.1. The van der Waals surface area contributed by atoms with Crippen molar-refractivity contribution in [1.29, 1.82) is 0 Å². The molecule has 0 radical (unpaired) electrons. The fraction of sp³-hybridized carbons (Fsp3) is 0.371. The van der Waals surface area contributed by atoms with Gasteiger partial charge >= 0.3 is 5.97 Å². The smallest absolute Gasteiger partial charge is 0.329 e. The van der Waals surface area contributed by atoms with Crippen LogP contribution >= 0.6 is 0 Å². The largest absolute Gasteiger partial charge is 0.488 e. The highest BCUT2D eigenvalue weighted by molar-refractivity contribution is 5.98. The summed E-state index contributed by atoms with van der Waals surface area (Å²) in [6, 6.07) is 21.9. The molecule has 238 valence electrons. The predicted octanol–water partition coefficient (Wildman–Crippen LogP) is 4.06. The fourth-order valence-electron chi connectivity index (χ4n) is 5.14. The van der Waals surface area contributed by atoms with Crippen LogP contribution in [0.2, 0.25) is 0 Å². The number of esters is 1. The van der Waals surface area contributed by atoms with Gasteiger partial charge in [0.25, 0.3) is 5.91 Å². The summed E-state index contributed by atoms with van der Waals surface area (Å²) in [5.41, 5.74) is 0.557. The minimum atomic E-state index is -0.887. The van der Waals surface area contributed by atoms with Crippen molar-refractivity contribution in [2.24, 2.45) is 0 Å². The number of nitrogens with zero attached hydrogens (tertiary/aromatic N) is 2. The number of ether oxygens (including phenoxy) is 2. The molecule has 1 heterocycles. The maximum absolute atomic E-state index is 13.6. The number of rotatable bonds is 12. The Labute approximate surface area is 263 Å². The van der Waals surface area contributed by atoms with Gasteiger partial charge in [-0.25, -0.2) is 9.18 Å². The summed E-state index contributed by atoms with van der Waals surface area (Å²) in [7, 11) is 1.64. The second-order valence-electron chi connectivity index (χ2n) is 12.2. The van der Waals surface area contributed by atoms with Crippen LogP contribution in [0.5, 0.6) is 5.75 Å². The predicted molar refractivity (Wildman–Crippen MR) is 167 cm³/mol. The summed E-state index contributed by atoms with van der Waals surface area (Å²) < 4.78 is 25.0. The number of Topliss-reactive ketones (excluding diaryl/α,β-unsaturated/α-hetero) is 1. The molecular formula is C35H40FN3O6. The number of carbonyl (C=O) groups is 4. The van der Waals surface area contributed by atoms with Gasteiger partial charge in [0, 0.05) is 12.0 Å². The number of ketones is 1. The van der Waals surface area contributed by atoms with Crippen LogP contribution in [0.4, 0.5) is 4.39 Å². The van der Waals surface area contributed by atoms with Crippen LogP contribution in [0.15, 0.2) is 84.9 Å². The Morgan fingerprint density at radius 2 is 1.56 bits per heavy atom. The first-order valence-corrected chi connectivity index (χ1v) is 14.9. The standard InChI is InChI=1S/C35H40FN3O6/c1-35(2,3)45-34(43)30-20-28(44-27-17-15-26(36)16-18-27)21-39(30)32(41)23-38(4)22-31(40)29(19-24-11-7-5-8-12-24)37-33(42)25-13-9-6-10-14-25/h5-18,28-30H,19-23H2,1-4H3,(H,37,42)/t28-,29?,30-/m0/s1. The van der Waals surface area contributed by atoms with Crippen molar-refractivity contribution in [2.75, 3.05) is 26.7 Å². The Morgan fingerprint density at radius 3 is 2.18 bits per heavy atom. The Kier molecular flexibility index (Phi) is 11.1. The van der Waals surface area contributed by atoms with E-state index in [1.807, 2.05) is 30.3 Å². The lowest BCUT2D eigenvalue weighted by molar-refractivity contribution is -0.163. The van der Waals surface area contributed by atoms with E-state index in [1.165, 1.54) is 29.2 Å². The minimum Gasteiger partial charge on any atom is -0.488 e. The first-order valence-electron chi connectivity index (χ1n) is 14.9. The van der Waals surface area contributed by atoms with E-state index in [-0.39, 0.29) is 50.1 Å². The van der Waals surface area contributed by atoms with Crippen molar-refractivity contribution in [3.8, 4) is 5.75 Å². The molecule has 0 aromatic heterocycles. The third-order valence-corrected chi connectivity index (χ3v) is 7.22. The molecule has 1 saturated heterocycles. The number of nitrogens with one attached hydrogen (secondary N) is 1. The fourth-order valence-corrected chi connectivity index (χ4v) is 5.14. The molecule has 1 unspecified atom stereocenters. The molecule has 3 aromatic carbocycles. The van der Waals surface area contributed by atoms with E-state index in [1.54, 1.807) is 63.1 Å². The minimum absolute atomic E-state index is 0.112. The molecule has 3 atom stereocenters. The highest BCUT2D eigenvalue weighted by Crippen LogP contribution is 2.26. The number of amides is 2. The van der Waals surface area contributed by atoms with Crippen LogP contribution in [0, 0.1) is 5.82 Å². The molecule has 1 N–H and O–H groups in total. The van der Waals surface area contributed by atoms with Gasteiger partial charge in [0.2, 0.25) is 5.91 Å². The average molecular weight is 618 g/mol. The van der Waals surface area contributed by atoms with E-state index in [0.29, 0.717) is 11.3 Å². The van der Waals surface area contributed by atoms with Crippen LogP contribution in [0.25, 0.3) is 0 Å².